The van der Waals surface area contributed by atoms with E-state index in [1.165, 1.54) is 7.05 Å². The average molecular weight is 281 g/mol. The molecule has 0 aliphatic heterocycles. The molecule has 0 unspecified atom stereocenters. The van der Waals surface area contributed by atoms with Crippen LogP contribution in [0.3, 0.4) is 0 Å². The van der Waals surface area contributed by atoms with Crippen LogP contribution in [-0.4, -0.2) is 27.8 Å². The van der Waals surface area contributed by atoms with Crippen molar-refractivity contribution in [3.8, 4) is 11.6 Å². The fourth-order valence-electron chi connectivity index (χ4n) is 1.17. The number of hydrogen-bond acceptors (Lipinski definition) is 2. The molecule has 1 rings (SSSR count). The monoisotopic (exact) mass is 281 g/mol. The Morgan fingerprint density at radius 3 is 2.06 bits per heavy atom. The van der Waals surface area contributed by atoms with Gasteiger partial charge in [-0.1, -0.05) is 37.3 Å². The molecule has 0 heterocycles. The van der Waals surface area contributed by atoms with Crippen LogP contribution in [0, 0.1) is 18.5 Å². The van der Waals surface area contributed by atoms with Crippen molar-refractivity contribution in [3.05, 3.63) is 29.8 Å². The number of aryl methyl sites for hydroxylation is 1. The van der Waals surface area contributed by atoms with Crippen LogP contribution in [0.4, 0.5) is 0 Å². The van der Waals surface area contributed by atoms with E-state index in [9.17, 15) is 8.42 Å². The summed E-state index contributed by atoms with van der Waals surface area (Å²) >= 11 is 0. The Hall–Kier alpha value is -1.25. The lowest BCUT2D eigenvalue weighted by molar-refractivity contribution is 0.547. The van der Waals surface area contributed by atoms with Crippen molar-refractivity contribution in [2.24, 2.45) is 0 Å². The van der Waals surface area contributed by atoms with Gasteiger partial charge in [0.2, 0.25) is 0 Å². The molecule has 0 atom stereocenters. The van der Waals surface area contributed by atoms with Crippen LogP contribution in [0.5, 0.6) is 0 Å². The lowest BCUT2D eigenvalue weighted by atomic mass is 10.2. The number of hydrogen-bond donors (Lipinski definition) is 0. The highest BCUT2D eigenvalue weighted by molar-refractivity contribution is 7.89. The van der Waals surface area contributed by atoms with Crippen LogP contribution in [0.1, 0.15) is 5.56 Å². The first-order chi connectivity index (χ1) is 8.13. The summed E-state index contributed by atoms with van der Waals surface area (Å²) in [4.78, 5) is 0.278. The normalized spacial score (nSPS) is 11.6. The number of rotatable bonds is 2. The molecular weight excluding hydrogens is 262 g/mol. The summed E-state index contributed by atoms with van der Waals surface area (Å²) in [5.41, 5.74) is 4.08. The van der Waals surface area contributed by atoms with E-state index in [4.69, 9.17) is 0 Å². The van der Waals surface area contributed by atoms with E-state index in [2.05, 4.69) is 31.2 Å². The Morgan fingerprint density at radius 1 is 1.11 bits per heavy atom. The quantitative estimate of drug-likeness (QED) is 0.474. The van der Waals surface area contributed by atoms with Crippen molar-refractivity contribution in [1.29, 1.82) is 0 Å². The van der Waals surface area contributed by atoms with E-state index in [-0.39, 0.29) is 4.90 Å². The maximum absolute atomic E-state index is 12.2. The molecule has 1 aromatic rings. The van der Waals surface area contributed by atoms with Crippen molar-refractivity contribution in [2.45, 2.75) is 31.5 Å². The van der Waals surface area contributed by atoms with Crippen LogP contribution in [0.25, 0.3) is 0 Å². The predicted molar refractivity (Wildman–Crippen MR) is 77.2 cm³/mol. The smallest absolute Gasteiger partial charge is 0.228 e. The summed E-state index contributed by atoms with van der Waals surface area (Å²) in [5.74, 6) is 0. The van der Waals surface area contributed by atoms with Gasteiger partial charge in [-0.05, 0) is 19.1 Å². The highest BCUT2D eigenvalue weighted by Crippen LogP contribution is 2.14. The number of sulfonamides is 1. The molecule has 0 spiro atoms. The van der Waals surface area contributed by atoms with Gasteiger partial charge in [-0.2, -0.15) is 0 Å². The fourth-order valence-corrected chi connectivity index (χ4v) is 2.72. The molecule has 1 aromatic carbocycles. The zero-order chi connectivity index (χ0) is 14.0. The van der Waals surface area contributed by atoms with E-state index in [1.54, 1.807) is 24.3 Å². The largest absolute Gasteiger partial charge is 0.270 e. The fraction of sp³-hybridized carbons (Fsp3) is 0.385. The second kappa shape index (κ2) is 5.17. The molecule has 0 aromatic heterocycles. The van der Waals surface area contributed by atoms with Gasteiger partial charge >= 0.3 is 0 Å². The average Bonchev–Trinajstić information content (AvgIpc) is 2.25. The zero-order valence-corrected chi connectivity index (χ0v) is 13.3. The summed E-state index contributed by atoms with van der Waals surface area (Å²) in [5, 5.41) is 0. The first kappa shape index (κ1) is 14.8. The Labute approximate surface area is 111 Å². The van der Waals surface area contributed by atoms with Crippen molar-refractivity contribution in [1.82, 2.24) is 4.31 Å². The summed E-state index contributed by atoms with van der Waals surface area (Å²) in [6, 6.07) is 9.52. The van der Waals surface area contributed by atoms with Gasteiger partial charge in [-0.15, -0.1) is 5.54 Å². The Morgan fingerprint density at radius 2 is 1.61 bits per heavy atom. The summed E-state index contributed by atoms with van der Waals surface area (Å²) in [7, 11) is -3.58. The zero-order valence-electron chi connectivity index (χ0n) is 11.5. The van der Waals surface area contributed by atoms with Crippen molar-refractivity contribution in [2.75, 3.05) is 7.05 Å². The molecule has 0 aliphatic rings. The van der Waals surface area contributed by atoms with Gasteiger partial charge in [0.05, 0.1) is 4.90 Å². The van der Waals surface area contributed by atoms with Gasteiger partial charge in [0, 0.05) is 13.1 Å². The standard InChI is InChI=1S/C13H19NO2SSi/c1-12-6-8-13(9-7-12)17(15,16)14(2)10-11-18(3,4)5/h6-9H,1-5H3. The molecule has 0 radical (unpaired) electrons. The second-order valence-corrected chi connectivity index (χ2v) is 12.0. The molecule has 0 fully saturated rings. The van der Waals surface area contributed by atoms with Crippen LogP contribution >= 0.6 is 0 Å². The summed E-state index contributed by atoms with van der Waals surface area (Å²) in [6.45, 7) is 8.15. The maximum atomic E-state index is 12.2. The van der Waals surface area contributed by atoms with E-state index in [0.717, 1.165) is 9.87 Å². The molecule has 0 amide bonds. The third kappa shape index (κ3) is 3.90. The predicted octanol–water partition coefficient (Wildman–Crippen LogP) is 2.45. The minimum absolute atomic E-state index is 0.278. The molecular formula is C13H19NO2SSi. The third-order valence-electron chi connectivity index (χ3n) is 2.27. The first-order valence-corrected chi connectivity index (χ1v) is 10.7. The molecule has 5 heteroatoms. The molecule has 0 saturated carbocycles. The van der Waals surface area contributed by atoms with Gasteiger partial charge in [-0.3, -0.25) is 0 Å². The molecule has 0 N–H and O–H groups in total. The van der Waals surface area contributed by atoms with E-state index >= 15 is 0 Å². The van der Waals surface area contributed by atoms with Crippen molar-refractivity contribution in [3.63, 3.8) is 0 Å². The van der Waals surface area contributed by atoms with E-state index < -0.39 is 18.1 Å². The number of benzene rings is 1. The Bertz CT molecular complexity index is 574. The van der Waals surface area contributed by atoms with Crippen LogP contribution in [-0.2, 0) is 10.0 Å². The minimum Gasteiger partial charge on any atom is -0.228 e. The lowest BCUT2D eigenvalue weighted by Crippen LogP contribution is -2.24. The van der Waals surface area contributed by atoms with E-state index in [1.807, 2.05) is 6.92 Å². The van der Waals surface area contributed by atoms with E-state index in [0.29, 0.717) is 0 Å². The molecule has 0 aliphatic carbocycles. The van der Waals surface area contributed by atoms with Crippen molar-refractivity contribution >= 4 is 18.1 Å². The van der Waals surface area contributed by atoms with Crippen molar-refractivity contribution < 1.29 is 8.42 Å². The Kier molecular flexibility index (Phi) is 4.25. The lowest BCUT2D eigenvalue weighted by Gasteiger charge is -2.13. The van der Waals surface area contributed by atoms with Gasteiger partial charge in [0.25, 0.3) is 10.0 Å². The van der Waals surface area contributed by atoms with Gasteiger partial charge in [0.15, 0.2) is 0 Å². The molecule has 0 saturated heterocycles. The second-order valence-electron chi connectivity index (χ2n) is 5.27. The van der Waals surface area contributed by atoms with Gasteiger partial charge in [-0.25, -0.2) is 12.7 Å². The van der Waals surface area contributed by atoms with Crippen LogP contribution in [0.15, 0.2) is 29.2 Å². The third-order valence-corrected chi connectivity index (χ3v) is 4.81. The maximum Gasteiger partial charge on any atom is 0.270 e. The van der Waals surface area contributed by atoms with Crippen LogP contribution < -0.4 is 0 Å². The SMILES string of the molecule is Cc1ccc(S(=O)(=O)N(C)C#C[Si](C)(C)C)cc1. The van der Waals surface area contributed by atoms with Gasteiger partial charge < -0.3 is 0 Å². The summed E-state index contributed by atoms with van der Waals surface area (Å²) in [6.07, 6.45) is 0. The molecule has 0 bridgehead atoms. The molecule has 98 valence electrons. The molecule has 18 heavy (non-hydrogen) atoms. The topological polar surface area (TPSA) is 37.4 Å². The Balaban J connectivity index is 3.07. The highest BCUT2D eigenvalue weighted by atomic mass is 32.2. The summed E-state index contributed by atoms with van der Waals surface area (Å²) < 4.78 is 25.5. The minimum atomic E-state index is -3.50. The molecule has 3 nitrogen and oxygen atoms in total. The first-order valence-electron chi connectivity index (χ1n) is 5.71. The number of nitrogens with zero attached hydrogens (tertiary/aromatic N) is 1. The highest BCUT2D eigenvalue weighted by Gasteiger charge is 2.18. The van der Waals surface area contributed by atoms with Gasteiger partial charge in [0.1, 0.15) is 8.07 Å². The van der Waals surface area contributed by atoms with Crippen LogP contribution in [0.2, 0.25) is 19.6 Å².